The number of hydrogen-bond acceptors (Lipinski definition) is 8. The van der Waals surface area contributed by atoms with Gasteiger partial charge in [0.2, 0.25) is 5.91 Å². The number of nitrogens with zero attached hydrogens (tertiary/aromatic N) is 3. The zero-order valence-electron chi connectivity index (χ0n) is 17.9. The van der Waals surface area contributed by atoms with Gasteiger partial charge in [0.1, 0.15) is 11.6 Å². The first-order valence-corrected chi connectivity index (χ1v) is 12.0. The van der Waals surface area contributed by atoms with Gasteiger partial charge in [-0.2, -0.15) is 0 Å². The maximum absolute atomic E-state index is 12.9. The average molecular weight is 485 g/mol. The van der Waals surface area contributed by atoms with Crippen LogP contribution in [0.4, 0.5) is 9.52 Å². The minimum absolute atomic E-state index is 0.0426. The Kier molecular flexibility index (Phi) is 7.36. The molecule has 33 heavy (non-hydrogen) atoms. The molecule has 2 aromatic carbocycles. The largest absolute Gasteiger partial charge is 0.484 e. The first-order valence-electron chi connectivity index (χ1n) is 10.2. The molecule has 2 heterocycles. The molecule has 0 radical (unpaired) electrons. The molecule has 7 nitrogen and oxygen atoms in total. The summed E-state index contributed by atoms with van der Waals surface area (Å²) >= 11 is 2.51. The van der Waals surface area contributed by atoms with Crippen molar-refractivity contribution in [3.63, 3.8) is 0 Å². The molecule has 4 aromatic rings. The minimum Gasteiger partial charge on any atom is -0.484 e. The molecule has 0 aliphatic carbocycles. The van der Waals surface area contributed by atoms with Crippen LogP contribution in [0.3, 0.4) is 0 Å². The van der Waals surface area contributed by atoms with Crippen molar-refractivity contribution in [2.75, 3.05) is 5.32 Å². The van der Waals surface area contributed by atoms with E-state index in [-0.39, 0.29) is 29.4 Å². The molecule has 170 valence electrons. The summed E-state index contributed by atoms with van der Waals surface area (Å²) in [6.45, 7) is 3.90. The number of halogens is 1. The predicted molar refractivity (Wildman–Crippen MR) is 126 cm³/mol. The standard InChI is InChI=1S/C23H21FN4O3S2/c1-3-15-4-6-16(7-5-15)19-13-32-22(25-19)26-21(29)14(2)33-23-28-27-20(31-23)12-30-18-10-8-17(24)9-11-18/h4-11,13-14H,3,12H2,1-2H3,(H,25,26,29). The lowest BCUT2D eigenvalue weighted by Gasteiger charge is -2.07. The Morgan fingerprint density at radius 1 is 1.18 bits per heavy atom. The summed E-state index contributed by atoms with van der Waals surface area (Å²) in [5.74, 6) is 0.184. The molecule has 1 amide bonds. The van der Waals surface area contributed by atoms with Gasteiger partial charge in [-0.25, -0.2) is 9.37 Å². The van der Waals surface area contributed by atoms with E-state index >= 15 is 0 Å². The van der Waals surface area contributed by atoms with Crippen molar-refractivity contribution in [3.05, 3.63) is 71.2 Å². The Morgan fingerprint density at radius 3 is 2.67 bits per heavy atom. The van der Waals surface area contributed by atoms with Crippen molar-refractivity contribution >= 4 is 34.1 Å². The number of thioether (sulfide) groups is 1. The molecular weight excluding hydrogens is 463 g/mol. The number of nitrogens with one attached hydrogen (secondary N) is 1. The van der Waals surface area contributed by atoms with E-state index in [0.717, 1.165) is 29.4 Å². The van der Waals surface area contributed by atoms with Crippen molar-refractivity contribution < 1.29 is 18.3 Å². The topological polar surface area (TPSA) is 90.1 Å². The molecule has 10 heteroatoms. The maximum Gasteiger partial charge on any atom is 0.277 e. The lowest BCUT2D eigenvalue weighted by Crippen LogP contribution is -2.22. The molecule has 2 aromatic heterocycles. The first-order chi connectivity index (χ1) is 16.0. The van der Waals surface area contributed by atoms with Crippen molar-refractivity contribution in [1.82, 2.24) is 15.2 Å². The number of aryl methyl sites for hydroxylation is 1. The highest BCUT2D eigenvalue weighted by atomic mass is 32.2. The highest BCUT2D eigenvalue weighted by Crippen LogP contribution is 2.27. The van der Waals surface area contributed by atoms with Crippen LogP contribution in [0.25, 0.3) is 11.3 Å². The van der Waals surface area contributed by atoms with Crippen LogP contribution >= 0.6 is 23.1 Å². The van der Waals surface area contributed by atoms with Gasteiger partial charge in [-0.3, -0.25) is 4.79 Å². The van der Waals surface area contributed by atoms with Gasteiger partial charge in [-0.15, -0.1) is 21.5 Å². The second-order valence-electron chi connectivity index (χ2n) is 7.04. The van der Waals surface area contributed by atoms with Crippen molar-refractivity contribution in [2.45, 2.75) is 37.3 Å². The summed E-state index contributed by atoms with van der Waals surface area (Å²) in [6.07, 6.45) is 0.983. The van der Waals surface area contributed by atoms with Crippen LogP contribution in [0.15, 0.2) is 63.6 Å². The summed E-state index contributed by atoms with van der Waals surface area (Å²) in [7, 11) is 0. The fourth-order valence-electron chi connectivity index (χ4n) is 2.81. The molecule has 0 bridgehead atoms. The highest BCUT2D eigenvalue weighted by Gasteiger charge is 2.20. The van der Waals surface area contributed by atoms with E-state index in [2.05, 4.69) is 39.6 Å². The number of carbonyl (C=O) groups is 1. The quantitative estimate of drug-likeness (QED) is 0.310. The molecule has 1 N–H and O–H groups in total. The van der Waals surface area contributed by atoms with Crippen molar-refractivity contribution in [1.29, 1.82) is 0 Å². The zero-order valence-corrected chi connectivity index (χ0v) is 19.6. The Balaban J connectivity index is 1.29. The van der Waals surface area contributed by atoms with E-state index in [1.54, 1.807) is 6.92 Å². The van der Waals surface area contributed by atoms with Gasteiger partial charge in [0.05, 0.1) is 10.9 Å². The fraction of sp³-hybridized carbons (Fsp3) is 0.217. The molecule has 0 saturated carbocycles. The second kappa shape index (κ2) is 10.6. The zero-order chi connectivity index (χ0) is 23.2. The molecule has 0 saturated heterocycles. The normalized spacial score (nSPS) is 11.8. The van der Waals surface area contributed by atoms with Crippen LogP contribution in [-0.4, -0.2) is 26.3 Å². The number of carbonyl (C=O) groups excluding carboxylic acids is 1. The fourth-order valence-corrected chi connectivity index (χ4v) is 4.23. The maximum atomic E-state index is 12.9. The average Bonchev–Trinajstić information content (AvgIpc) is 3.48. The van der Waals surface area contributed by atoms with Crippen LogP contribution in [0.2, 0.25) is 0 Å². The molecule has 0 aliphatic heterocycles. The van der Waals surface area contributed by atoms with Gasteiger partial charge in [0.15, 0.2) is 11.7 Å². The third-order valence-corrected chi connectivity index (χ3v) is 6.36. The van der Waals surface area contributed by atoms with Crippen LogP contribution in [0, 0.1) is 5.82 Å². The molecule has 4 rings (SSSR count). The number of benzene rings is 2. The number of hydrogen-bond donors (Lipinski definition) is 1. The van der Waals surface area contributed by atoms with Gasteiger partial charge in [-0.1, -0.05) is 43.0 Å². The van der Waals surface area contributed by atoms with Gasteiger partial charge in [0, 0.05) is 10.9 Å². The Morgan fingerprint density at radius 2 is 1.94 bits per heavy atom. The van der Waals surface area contributed by atoms with Crippen molar-refractivity contribution in [2.24, 2.45) is 0 Å². The summed E-state index contributed by atoms with van der Waals surface area (Å²) in [5, 5.41) is 12.9. The Bertz CT molecular complexity index is 1210. The summed E-state index contributed by atoms with van der Waals surface area (Å²) in [5.41, 5.74) is 3.09. The first kappa shape index (κ1) is 22.9. The lowest BCUT2D eigenvalue weighted by molar-refractivity contribution is -0.115. The van der Waals surface area contributed by atoms with Crippen LogP contribution < -0.4 is 10.1 Å². The molecule has 0 spiro atoms. The number of rotatable bonds is 9. The van der Waals surface area contributed by atoms with E-state index in [9.17, 15) is 9.18 Å². The van der Waals surface area contributed by atoms with Crippen LogP contribution in [0.5, 0.6) is 5.75 Å². The number of thiazole rings is 1. The number of ether oxygens (including phenoxy) is 1. The minimum atomic E-state index is -0.479. The van der Waals surface area contributed by atoms with Crippen LogP contribution in [0.1, 0.15) is 25.3 Å². The predicted octanol–water partition coefficient (Wildman–Crippen LogP) is 5.59. The van der Waals surface area contributed by atoms with E-state index in [0.29, 0.717) is 10.9 Å². The SMILES string of the molecule is CCc1ccc(-c2csc(NC(=O)C(C)Sc3nnc(COc4ccc(F)cc4)o3)n2)cc1. The number of amides is 1. The van der Waals surface area contributed by atoms with E-state index in [1.165, 1.54) is 41.2 Å². The highest BCUT2D eigenvalue weighted by molar-refractivity contribution is 8.00. The smallest absolute Gasteiger partial charge is 0.277 e. The number of aromatic nitrogens is 3. The van der Waals surface area contributed by atoms with E-state index < -0.39 is 5.25 Å². The summed E-state index contributed by atoms with van der Waals surface area (Å²) in [4.78, 5) is 17.1. The Hall–Kier alpha value is -3.24. The third kappa shape index (κ3) is 6.17. The molecule has 0 fully saturated rings. The summed E-state index contributed by atoms with van der Waals surface area (Å²) < 4.78 is 24.0. The summed E-state index contributed by atoms with van der Waals surface area (Å²) in [6, 6.07) is 13.9. The molecular formula is C23H21FN4O3S2. The lowest BCUT2D eigenvalue weighted by atomic mass is 10.1. The Labute approximate surface area is 198 Å². The van der Waals surface area contributed by atoms with E-state index in [4.69, 9.17) is 9.15 Å². The number of anilines is 1. The van der Waals surface area contributed by atoms with Crippen LogP contribution in [-0.2, 0) is 17.8 Å². The van der Waals surface area contributed by atoms with E-state index in [1.807, 2.05) is 17.5 Å². The monoisotopic (exact) mass is 484 g/mol. The molecule has 1 atom stereocenters. The van der Waals surface area contributed by atoms with Gasteiger partial charge in [0.25, 0.3) is 11.1 Å². The molecule has 0 aliphatic rings. The third-order valence-electron chi connectivity index (χ3n) is 4.66. The molecule has 1 unspecified atom stereocenters. The second-order valence-corrected chi connectivity index (χ2v) is 9.19. The van der Waals surface area contributed by atoms with Crippen molar-refractivity contribution in [3.8, 4) is 17.0 Å². The van der Waals surface area contributed by atoms with Gasteiger partial charge < -0.3 is 14.5 Å². The van der Waals surface area contributed by atoms with Gasteiger partial charge in [-0.05, 0) is 43.2 Å². The van der Waals surface area contributed by atoms with Gasteiger partial charge >= 0.3 is 0 Å².